The summed E-state index contributed by atoms with van der Waals surface area (Å²) in [4.78, 5) is 10.9. The number of hydrogen-bond donors (Lipinski definition) is 1. The van der Waals surface area contributed by atoms with Gasteiger partial charge in [-0.15, -0.1) is 11.6 Å². The van der Waals surface area contributed by atoms with Crippen molar-refractivity contribution in [2.45, 2.75) is 50.8 Å². The predicted molar refractivity (Wildman–Crippen MR) is 99.9 cm³/mol. The molecule has 0 saturated heterocycles. The van der Waals surface area contributed by atoms with Crippen molar-refractivity contribution in [1.29, 1.82) is 0 Å². The molecule has 0 heterocycles. The van der Waals surface area contributed by atoms with Crippen molar-refractivity contribution in [3.8, 4) is 0 Å². The van der Waals surface area contributed by atoms with Gasteiger partial charge in [-0.3, -0.25) is 4.79 Å². The van der Waals surface area contributed by atoms with Crippen molar-refractivity contribution in [2.24, 2.45) is 0 Å². The highest BCUT2D eigenvalue weighted by Crippen LogP contribution is 2.28. The number of nitrogens with one attached hydrogen (secondary N) is 1. The van der Waals surface area contributed by atoms with E-state index in [0.29, 0.717) is 18.9 Å². The number of para-hydroxylation sites is 1. The number of hydrogen-bond acceptors (Lipinski definition) is 4. The average Bonchev–Trinajstić information content (AvgIpc) is 2.60. The molecule has 0 fully saturated rings. The molecule has 1 rings (SSSR count). The van der Waals surface area contributed by atoms with Gasteiger partial charge in [-0.2, -0.15) is 0 Å². The lowest BCUT2D eigenvalue weighted by atomic mass is 10.1. The number of anilines is 1. The first-order valence-corrected chi connectivity index (χ1v) is 9.34. The molecule has 0 spiro atoms. The van der Waals surface area contributed by atoms with Crippen molar-refractivity contribution in [1.82, 2.24) is 0 Å². The van der Waals surface area contributed by atoms with Crippen molar-refractivity contribution in [3.63, 3.8) is 0 Å². The summed E-state index contributed by atoms with van der Waals surface area (Å²) in [5, 5.41) is 3.04. The fourth-order valence-corrected chi connectivity index (χ4v) is 2.62. The van der Waals surface area contributed by atoms with Crippen LogP contribution in [0.2, 0.25) is 0 Å². The van der Waals surface area contributed by atoms with E-state index in [9.17, 15) is 4.79 Å². The third-order valence-corrected chi connectivity index (χ3v) is 4.21. The van der Waals surface area contributed by atoms with Crippen LogP contribution in [0.25, 0.3) is 0 Å². The first kappa shape index (κ1) is 21.2. The van der Waals surface area contributed by atoms with E-state index in [4.69, 9.17) is 32.7 Å². The van der Waals surface area contributed by atoms with Gasteiger partial charge in [0.15, 0.2) is 5.78 Å². The minimum atomic E-state index is -1.56. The minimum Gasteiger partial charge on any atom is -0.357 e. The molecule has 0 radical (unpaired) electrons. The lowest BCUT2D eigenvalue weighted by Crippen LogP contribution is -2.54. The number of alkyl halides is 2. The predicted octanol–water partition coefficient (Wildman–Crippen LogP) is 4.80. The van der Waals surface area contributed by atoms with Crippen LogP contribution in [0.1, 0.15) is 39.5 Å². The second kappa shape index (κ2) is 11.7. The molecule has 4 nitrogen and oxygen atoms in total. The van der Waals surface area contributed by atoms with Crippen molar-refractivity contribution < 1.29 is 14.3 Å². The molecule has 1 atom stereocenters. The van der Waals surface area contributed by atoms with Gasteiger partial charge in [0.2, 0.25) is 11.3 Å². The van der Waals surface area contributed by atoms with E-state index in [0.717, 1.165) is 25.7 Å². The number of unbranched alkanes of at least 4 members (excludes halogenated alkanes) is 2. The van der Waals surface area contributed by atoms with E-state index in [1.54, 1.807) is 0 Å². The van der Waals surface area contributed by atoms with E-state index in [1.807, 2.05) is 30.3 Å². The Morgan fingerprint density at radius 3 is 2.12 bits per heavy atom. The first-order valence-electron chi connectivity index (χ1n) is 8.43. The molecule has 1 unspecified atom stereocenters. The molecule has 1 N–H and O–H groups in total. The minimum absolute atomic E-state index is 0.228. The van der Waals surface area contributed by atoms with Crippen LogP contribution in [0.5, 0.6) is 0 Å². The number of benzene rings is 1. The third kappa shape index (κ3) is 6.60. The molecule has 1 aromatic carbocycles. The summed E-state index contributed by atoms with van der Waals surface area (Å²) in [5.74, 6) is -0.610. The van der Waals surface area contributed by atoms with Crippen LogP contribution in [-0.4, -0.2) is 36.2 Å². The second-order valence-corrected chi connectivity index (χ2v) is 6.40. The van der Waals surface area contributed by atoms with Gasteiger partial charge in [0.25, 0.3) is 0 Å². The van der Waals surface area contributed by atoms with E-state index in [-0.39, 0.29) is 11.7 Å². The summed E-state index contributed by atoms with van der Waals surface area (Å²) >= 11 is 12.4. The molecule has 1 aromatic rings. The average molecular weight is 376 g/mol. The topological polar surface area (TPSA) is 47.6 Å². The van der Waals surface area contributed by atoms with Gasteiger partial charge in [-0.05, 0) is 25.0 Å². The smallest absolute Gasteiger partial charge is 0.224 e. The van der Waals surface area contributed by atoms with Crippen molar-refractivity contribution in [3.05, 3.63) is 30.3 Å². The Morgan fingerprint density at radius 1 is 1.12 bits per heavy atom. The maximum Gasteiger partial charge on any atom is 0.224 e. The van der Waals surface area contributed by atoms with Gasteiger partial charge in [0.1, 0.15) is 0 Å². The summed E-state index contributed by atoms with van der Waals surface area (Å²) < 4.78 is 11.6. The number of ether oxygens (including phenoxy) is 2. The zero-order valence-corrected chi connectivity index (χ0v) is 15.9. The number of carbonyl (C=O) groups excluding carboxylic acids is 1. The second-order valence-electron chi connectivity index (χ2n) is 5.54. The Hall–Kier alpha value is -0.810. The quantitative estimate of drug-likeness (QED) is 0.233. The Balaban J connectivity index is 2.96. The Bertz CT molecular complexity index is 463. The maximum atomic E-state index is 12.5. The molecule has 0 aromatic heterocycles. The van der Waals surface area contributed by atoms with Gasteiger partial charge in [-0.25, -0.2) is 0 Å². The van der Waals surface area contributed by atoms with Crippen LogP contribution in [0.3, 0.4) is 0 Å². The molecule has 136 valence electrons. The molecule has 0 aliphatic heterocycles. The molecule has 0 amide bonds. The Labute approximate surface area is 154 Å². The number of carbonyl (C=O) groups is 1. The van der Waals surface area contributed by atoms with E-state index >= 15 is 0 Å². The van der Waals surface area contributed by atoms with Crippen LogP contribution >= 0.6 is 23.2 Å². The molecule has 24 heavy (non-hydrogen) atoms. The largest absolute Gasteiger partial charge is 0.357 e. The first-order chi connectivity index (χ1) is 11.6. The number of halogens is 2. The van der Waals surface area contributed by atoms with Crippen molar-refractivity contribution in [2.75, 3.05) is 24.4 Å². The molecule has 0 bridgehead atoms. The molecule has 0 aliphatic rings. The van der Waals surface area contributed by atoms with Gasteiger partial charge in [-0.1, -0.05) is 56.5 Å². The maximum absolute atomic E-state index is 12.5. The molecule has 6 heteroatoms. The van der Waals surface area contributed by atoms with Gasteiger partial charge >= 0.3 is 0 Å². The summed E-state index contributed by atoms with van der Waals surface area (Å²) in [6, 6.07) is 9.25. The van der Waals surface area contributed by atoms with Gasteiger partial charge in [0.05, 0.1) is 5.88 Å². The summed E-state index contributed by atoms with van der Waals surface area (Å²) in [7, 11) is 0. The monoisotopic (exact) mass is 375 g/mol. The van der Waals surface area contributed by atoms with E-state index in [2.05, 4.69) is 19.2 Å². The Kier molecular flexibility index (Phi) is 10.3. The van der Waals surface area contributed by atoms with E-state index in [1.165, 1.54) is 0 Å². The number of Topliss-reactive ketones (excluding diaryl/α,β-unsaturated/α-hetero) is 1. The molecular weight excluding hydrogens is 349 g/mol. The highest BCUT2D eigenvalue weighted by atomic mass is 35.5. The molecular formula is C18H27Cl2NO3. The lowest BCUT2D eigenvalue weighted by Gasteiger charge is -2.34. The van der Waals surface area contributed by atoms with Crippen LogP contribution in [0, 0.1) is 0 Å². The van der Waals surface area contributed by atoms with Crippen LogP contribution in [0.4, 0.5) is 5.69 Å². The standard InChI is InChI=1S/C18H27Cl2NO3/c1-3-5-12-23-17(24-13-6-4-2)18(20,16(22)14-19)21-15-10-8-7-9-11-15/h7-11,17,21H,3-6,12-14H2,1-2H3. The fourth-order valence-electron chi connectivity index (χ4n) is 2.04. The van der Waals surface area contributed by atoms with Crippen LogP contribution in [0.15, 0.2) is 30.3 Å². The number of rotatable bonds is 13. The van der Waals surface area contributed by atoms with Gasteiger partial charge in [0, 0.05) is 18.9 Å². The SMILES string of the molecule is CCCCOC(OCCCC)C(Cl)(Nc1ccccc1)C(=O)CCl. The molecule has 0 aliphatic carbocycles. The number of ketones is 1. The van der Waals surface area contributed by atoms with Gasteiger partial charge < -0.3 is 14.8 Å². The highest BCUT2D eigenvalue weighted by molar-refractivity contribution is 6.42. The summed E-state index contributed by atoms with van der Waals surface area (Å²) in [5.41, 5.74) is 0.703. The Morgan fingerprint density at radius 2 is 1.67 bits per heavy atom. The summed E-state index contributed by atoms with van der Waals surface area (Å²) in [6.07, 6.45) is 2.77. The van der Waals surface area contributed by atoms with Crippen LogP contribution < -0.4 is 5.32 Å². The zero-order chi connectivity index (χ0) is 17.8. The lowest BCUT2D eigenvalue weighted by molar-refractivity contribution is -0.167. The highest BCUT2D eigenvalue weighted by Gasteiger charge is 2.45. The third-order valence-electron chi connectivity index (χ3n) is 3.49. The van der Waals surface area contributed by atoms with Crippen molar-refractivity contribution >= 4 is 34.7 Å². The van der Waals surface area contributed by atoms with E-state index < -0.39 is 11.3 Å². The zero-order valence-electron chi connectivity index (χ0n) is 14.4. The fraction of sp³-hybridized carbons (Fsp3) is 0.611. The normalized spacial score (nSPS) is 13.7. The molecule has 0 saturated carbocycles. The summed E-state index contributed by atoms with van der Waals surface area (Å²) in [6.45, 7) is 5.06. The van der Waals surface area contributed by atoms with Crippen LogP contribution in [-0.2, 0) is 14.3 Å².